The third-order valence-electron chi connectivity index (χ3n) is 5.66. The average Bonchev–Trinajstić information content (AvgIpc) is 2.69. The lowest BCUT2D eigenvalue weighted by Gasteiger charge is -2.32. The van der Waals surface area contributed by atoms with E-state index in [1.807, 2.05) is 47.9 Å². The molecule has 0 saturated carbocycles. The third-order valence-corrected chi connectivity index (χ3v) is 5.66. The Morgan fingerprint density at radius 2 is 1.89 bits per heavy atom. The Morgan fingerprint density at radius 1 is 1.14 bits per heavy atom. The highest BCUT2D eigenvalue weighted by Crippen LogP contribution is 2.22. The third kappa shape index (κ3) is 5.12. The quantitative estimate of drug-likeness (QED) is 0.847. The molecule has 28 heavy (non-hydrogen) atoms. The van der Waals surface area contributed by atoms with Gasteiger partial charge < -0.3 is 15.1 Å². The summed E-state index contributed by atoms with van der Waals surface area (Å²) in [6.45, 7) is 6.51. The van der Waals surface area contributed by atoms with Crippen LogP contribution in [0.15, 0.2) is 24.3 Å². The van der Waals surface area contributed by atoms with Gasteiger partial charge in [-0.1, -0.05) is 26.0 Å². The van der Waals surface area contributed by atoms with E-state index in [0.717, 1.165) is 30.6 Å². The summed E-state index contributed by atoms with van der Waals surface area (Å²) in [4.78, 5) is 40.5. The minimum atomic E-state index is -0.0662. The van der Waals surface area contributed by atoms with E-state index in [2.05, 4.69) is 5.32 Å². The van der Waals surface area contributed by atoms with Crippen LogP contribution in [0.4, 0.5) is 5.69 Å². The van der Waals surface area contributed by atoms with E-state index in [4.69, 9.17) is 0 Å². The molecule has 2 aliphatic rings. The fraction of sp³-hybridized carbons (Fsp3) is 0.591. The van der Waals surface area contributed by atoms with Crippen LogP contribution in [0.1, 0.15) is 51.5 Å². The van der Waals surface area contributed by atoms with E-state index in [1.54, 1.807) is 0 Å². The predicted molar refractivity (Wildman–Crippen MR) is 108 cm³/mol. The molecule has 3 amide bonds. The van der Waals surface area contributed by atoms with Gasteiger partial charge in [0.05, 0.1) is 0 Å². The number of rotatable bonds is 5. The lowest BCUT2D eigenvalue weighted by Crippen LogP contribution is -2.43. The van der Waals surface area contributed by atoms with Crippen molar-refractivity contribution in [3.8, 4) is 0 Å². The van der Waals surface area contributed by atoms with Crippen LogP contribution in [0, 0.1) is 11.8 Å². The Morgan fingerprint density at radius 3 is 2.57 bits per heavy atom. The monoisotopic (exact) mass is 385 g/mol. The zero-order valence-electron chi connectivity index (χ0n) is 16.9. The summed E-state index contributed by atoms with van der Waals surface area (Å²) in [6, 6.07) is 7.75. The van der Waals surface area contributed by atoms with E-state index >= 15 is 0 Å². The number of nitrogens with one attached hydrogen (secondary N) is 1. The second-order valence-electron chi connectivity index (χ2n) is 8.22. The summed E-state index contributed by atoms with van der Waals surface area (Å²) < 4.78 is 0. The second kappa shape index (κ2) is 9.22. The van der Waals surface area contributed by atoms with Crippen LogP contribution in [0.25, 0.3) is 0 Å². The van der Waals surface area contributed by atoms with Gasteiger partial charge in [-0.25, -0.2) is 0 Å². The predicted octanol–water partition coefficient (Wildman–Crippen LogP) is 3.03. The van der Waals surface area contributed by atoms with E-state index in [-0.39, 0.29) is 29.6 Å². The molecule has 0 atom stereocenters. The van der Waals surface area contributed by atoms with Crippen LogP contribution in [0.2, 0.25) is 0 Å². The minimum Gasteiger partial charge on any atom is -0.342 e. The van der Waals surface area contributed by atoms with Crippen molar-refractivity contribution in [1.29, 1.82) is 0 Å². The molecule has 0 unspecified atom stereocenters. The maximum Gasteiger partial charge on any atom is 0.227 e. The SMILES string of the molecule is CC(C)C(=O)N1CCC(C(=O)Nc2cccc(CN3CCCCC3=O)c2)CC1. The highest BCUT2D eigenvalue weighted by atomic mass is 16.2. The number of nitrogens with zero attached hydrogens (tertiary/aromatic N) is 2. The number of benzene rings is 1. The van der Waals surface area contributed by atoms with Gasteiger partial charge in [0.25, 0.3) is 0 Å². The molecule has 3 rings (SSSR count). The Hall–Kier alpha value is -2.37. The molecule has 0 aliphatic carbocycles. The van der Waals surface area contributed by atoms with E-state index < -0.39 is 0 Å². The topological polar surface area (TPSA) is 69.7 Å². The molecule has 6 heteroatoms. The Kier molecular flexibility index (Phi) is 6.70. The van der Waals surface area contributed by atoms with Crippen molar-refractivity contribution in [3.63, 3.8) is 0 Å². The van der Waals surface area contributed by atoms with E-state index in [1.165, 1.54) is 0 Å². The molecule has 1 N–H and O–H groups in total. The van der Waals surface area contributed by atoms with Crippen LogP contribution in [-0.4, -0.2) is 47.2 Å². The fourth-order valence-electron chi connectivity index (χ4n) is 3.97. The molecule has 6 nitrogen and oxygen atoms in total. The molecular formula is C22H31N3O3. The van der Waals surface area contributed by atoms with Gasteiger partial charge in [0, 0.05) is 50.1 Å². The fourth-order valence-corrected chi connectivity index (χ4v) is 3.97. The van der Waals surface area contributed by atoms with Crippen molar-refractivity contribution in [2.75, 3.05) is 25.0 Å². The van der Waals surface area contributed by atoms with Crippen LogP contribution < -0.4 is 5.32 Å². The molecule has 0 bridgehead atoms. The van der Waals surface area contributed by atoms with Crippen molar-refractivity contribution in [1.82, 2.24) is 9.80 Å². The average molecular weight is 386 g/mol. The van der Waals surface area contributed by atoms with Crippen molar-refractivity contribution in [2.24, 2.45) is 11.8 Å². The number of amides is 3. The van der Waals surface area contributed by atoms with Crippen molar-refractivity contribution < 1.29 is 14.4 Å². The van der Waals surface area contributed by atoms with Gasteiger partial charge >= 0.3 is 0 Å². The van der Waals surface area contributed by atoms with Crippen LogP contribution in [-0.2, 0) is 20.9 Å². The lowest BCUT2D eigenvalue weighted by molar-refractivity contribution is -0.137. The lowest BCUT2D eigenvalue weighted by atomic mass is 9.95. The van der Waals surface area contributed by atoms with Gasteiger partial charge in [-0.3, -0.25) is 14.4 Å². The molecule has 0 spiro atoms. The molecule has 1 aromatic carbocycles. The molecule has 2 fully saturated rings. The smallest absolute Gasteiger partial charge is 0.227 e. The standard InChI is InChI=1S/C22H31N3O3/c1-16(2)22(28)24-12-9-18(10-13-24)21(27)23-19-7-5-6-17(14-19)15-25-11-4-3-8-20(25)26/h5-7,14,16,18H,3-4,8-13,15H2,1-2H3,(H,23,27). The Labute approximate surface area is 167 Å². The normalized spacial score (nSPS) is 18.5. The number of carbonyl (C=O) groups excluding carboxylic acids is 3. The summed E-state index contributed by atoms with van der Waals surface area (Å²) in [6.07, 6.45) is 4.07. The van der Waals surface area contributed by atoms with Gasteiger partial charge in [0.15, 0.2) is 0 Å². The van der Waals surface area contributed by atoms with E-state index in [9.17, 15) is 14.4 Å². The van der Waals surface area contributed by atoms with Gasteiger partial charge in [0.2, 0.25) is 17.7 Å². The molecule has 0 radical (unpaired) electrons. The molecule has 152 valence electrons. The van der Waals surface area contributed by atoms with E-state index in [0.29, 0.717) is 38.9 Å². The van der Waals surface area contributed by atoms with Gasteiger partial charge in [-0.15, -0.1) is 0 Å². The molecule has 0 aromatic heterocycles. The first-order valence-electron chi connectivity index (χ1n) is 10.4. The highest BCUT2D eigenvalue weighted by Gasteiger charge is 2.28. The first-order chi connectivity index (χ1) is 13.4. The summed E-state index contributed by atoms with van der Waals surface area (Å²) >= 11 is 0. The van der Waals surface area contributed by atoms with Gasteiger partial charge in [-0.2, -0.15) is 0 Å². The van der Waals surface area contributed by atoms with Crippen molar-refractivity contribution >= 4 is 23.4 Å². The largest absolute Gasteiger partial charge is 0.342 e. The molecule has 2 saturated heterocycles. The Balaban J connectivity index is 1.53. The zero-order chi connectivity index (χ0) is 20.1. The molecule has 2 heterocycles. The number of carbonyl (C=O) groups is 3. The summed E-state index contributed by atoms with van der Waals surface area (Å²) in [5.41, 5.74) is 1.80. The summed E-state index contributed by atoms with van der Waals surface area (Å²) in [7, 11) is 0. The maximum absolute atomic E-state index is 12.7. The summed E-state index contributed by atoms with van der Waals surface area (Å²) in [5, 5.41) is 3.02. The first kappa shape index (κ1) is 20.4. The highest BCUT2D eigenvalue weighted by molar-refractivity contribution is 5.92. The van der Waals surface area contributed by atoms with Crippen molar-refractivity contribution in [2.45, 2.75) is 52.5 Å². The van der Waals surface area contributed by atoms with Crippen LogP contribution in [0.5, 0.6) is 0 Å². The maximum atomic E-state index is 12.7. The zero-order valence-corrected chi connectivity index (χ0v) is 16.9. The van der Waals surface area contributed by atoms with Crippen LogP contribution >= 0.6 is 0 Å². The number of piperidine rings is 2. The Bertz CT molecular complexity index is 723. The van der Waals surface area contributed by atoms with Gasteiger partial charge in [0.1, 0.15) is 0 Å². The van der Waals surface area contributed by atoms with Gasteiger partial charge in [-0.05, 0) is 43.4 Å². The number of hydrogen-bond acceptors (Lipinski definition) is 3. The number of anilines is 1. The molecule has 1 aromatic rings. The van der Waals surface area contributed by atoms with Crippen LogP contribution in [0.3, 0.4) is 0 Å². The molecule has 2 aliphatic heterocycles. The van der Waals surface area contributed by atoms with Crippen molar-refractivity contribution in [3.05, 3.63) is 29.8 Å². The molecular weight excluding hydrogens is 354 g/mol. The second-order valence-corrected chi connectivity index (χ2v) is 8.22. The number of hydrogen-bond donors (Lipinski definition) is 1. The first-order valence-corrected chi connectivity index (χ1v) is 10.4. The summed E-state index contributed by atoms with van der Waals surface area (Å²) in [5.74, 6) is 0.327. The number of likely N-dealkylation sites (tertiary alicyclic amines) is 2. The minimum absolute atomic E-state index is 0.0000908.